The lowest BCUT2D eigenvalue weighted by Crippen LogP contribution is -2.27. The molecule has 0 atom stereocenters. The van der Waals surface area contributed by atoms with Crippen molar-refractivity contribution in [3.8, 4) is 0 Å². The van der Waals surface area contributed by atoms with Crippen LogP contribution in [0.2, 0.25) is 0 Å². The molecule has 1 amide bonds. The van der Waals surface area contributed by atoms with Gasteiger partial charge in [0.05, 0.1) is 18.2 Å². The Kier molecular flexibility index (Phi) is 6.28. The van der Waals surface area contributed by atoms with Crippen LogP contribution < -0.4 is 0 Å². The van der Waals surface area contributed by atoms with Gasteiger partial charge in [0.15, 0.2) is 0 Å². The van der Waals surface area contributed by atoms with Crippen LogP contribution in [0.1, 0.15) is 24.1 Å². The van der Waals surface area contributed by atoms with Crippen molar-refractivity contribution in [3.63, 3.8) is 0 Å². The minimum atomic E-state index is -4.96. The first-order valence-corrected chi connectivity index (χ1v) is 5.53. The van der Waals surface area contributed by atoms with Crippen LogP contribution in [0.15, 0.2) is 18.2 Å². The van der Waals surface area contributed by atoms with E-state index in [1.165, 1.54) is 7.05 Å². The van der Waals surface area contributed by atoms with E-state index >= 15 is 0 Å². The fraction of sp³-hybridized carbons (Fsp3) is 0.462. The second-order valence-electron chi connectivity index (χ2n) is 4.19. The van der Waals surface area contributed by atoms with E-state index in [2.05, 4.69) is 4.74 Å². The highest BCUT2D eigenvalue weighted by molar-refractivity contribution is 5.67. The van der Waals surface area contributed by atoms with E-state index in [9.17, 15) is 31.1 Å². The van der Waals surface area contributed by atoms with Gasteiger partial charge in [-0.05, 0) is 17.7 Å². The third kappa shape index (κ3) is 4.81. The van der Waals surface area contributed by atoms with Gasteiger partial charge in [-0.15, -0.1) is 0 Å². The predicted molar refractivity (Wildman–Crippen MR) is 67.0 cm³/mol. The molecule has 0 aromatic heterocycles. The normalized spacial score (nSPS) is 11.6. The second kappa shape index (κ2) is 6.89. The predicted octanol–water partition coefficient (Wildman–Crippen LogP) is 4.56. The van der Waals surface area contributed by atoms with Gasteiger partial charge in [-0.2, -0.15) is 26.3 Å². The van der Waals surface area contributed by atoms with Crippen molar-refractivity contribution in [2.24, 2.45) is 0 Å². The van der Waals surface area contributed by atoms with Gasteiger partial charge in [0, 0.05) is 13.6 Å². The third-order valence-corrected chi connectivity index (χ3v) is 2.64. The number of nitrogens with zero attached hydrogens (tertiary/aromatic N) is 1. The monoisotopic (exact) mass is 331 g/mol. The summed E-state index contributed by atoms with van der Waals surface area (Å²) in [6.45, 7) is -0.528. The van der Waals surface area contributed by atoms with E-state index in [1.54, 1.807) is 0 Å². The summed E-state index contributed by atoms with van der Waals surface area (Å²) in [5.41, 5.74) is -3.30. The highest BCUT2D eigenvalue weighted by Gasteiger charge is 2.38. The molecule has 0 aliphatic rings. The molecule has 0 radical (unpaired) electrons. The smallest absolute Gasteiger partial charge is 0.416 e. The molecule has 0 fully saturated rings. The van der Waals surface area contributed by atoms with Crippen LogP contribution in [0.3, 0.4) is 0 Å². The third-order valence-electron chi connectivity index (χ3n) is 2.64. The van der Waals surface area contributed by atoms with Crippen LogP contribution in [0.25, 0.3) is 0 Å². The van der Waals surface area contributed by atoms with E-state index in [1.807, 2.05) is 0 Å². The molecule has 0 aliphatic carbocycles. The highest BCUT2D eigenvalue weighted by Crippen LogP contribution is 2.37. The van der Waals surface area contributed by atoms with E-state index in [0.29, 0.717) is 12.1 Å². The standard InChI is InChI=1S/C12H11F6NO2.CH4/c1-19(10(20)21-2)6-7-3-4-8(11(13,14)15)5-9(7)12(16,17)18;/h3-5H,6H2,1-2H3;1H4. The minimum Gasteiger partial charge on any atom is -0.453 e. The summed E-state index contributed by atoms with van der Waals surface area (Å²) in [7, 11) is 2.21. The van der Waals surface area contributed by atoms with Gasteiger partial charge in [0.2, 0.25) is 0 Å². The van der Waals surface area contributed by atoms with Crippen LogP contribution >= 0.6 is 0 Å². The van der Waals surface area contributed by atoms with Gasteiger partial charge in [0.1, 0.15) is 0 Å². The maximum Gasteiger partial charge on any atom is 0.416 e. The van der Waals surface area contributed by atoms with Crippen LogP contribution in [0.5, 0.6) is 0 Å². The van der Waals surface area contributed by atoms with Crippen molar-refractivity contribution in [2.75, 3.05) is 14.2 Å². The molecule has 1 rings (SSSR count). The Balaban J connectivity index is 0.00000441. The number of halogens is 6. The van der Waals surface area contributed by atoms with Gasteiger partial charge < -0.3 is 9.64 Å². The number of alkyl halides is 6. The van der Waals surface area contributed by atoms with Crippen molar-refractivity contribution >= 4 is 6.09 Å². The maximum absolute atomic E-state index is 12.8. The second-order valence-corrected chi connectivity index (χ2v) is 4.19. The summed E-state index contributed by atoms with van der Waals surface area (Å²) in [4.78, 5) is 12.0. The number of carbonyl (C=O) groups excluding carboxylic acids is 1. The minimum absolute atomic E-state index is 0. The van der Waals surface area contributed by atoms with Crippen molar-refractivity contribution in [1.29, 1.82) is 0 Å². The van der Waals surface area contributed by atoms with E-state index in [-0.39, 0.29) is 13.5 Å². The van der Waals surface area contributed by atoms with Gasteiger partial charge >= 0.3 is 18.4 Å². The summed E-state index contributed by atoms with van der Waals surface area (Å²) in [5, 5.41) is 0. The zero-order valence-electron chi connectivity index (χ0n) is 11.0. The Labute approximate surface area is 123 Å². The lowest BCUT2D eigenvalue weighted by molar-refractivity contribution is -0.143. The molecular formula is C13H15F6NO2. The van der Waals surface area contributed by atoms with Crippen molar-refractivity contribution < 1.29 is 35.9 Å². The number of carbonyl (C=O) groups is 1. The molecule has 126 valence electrons. The summed E-state index contributed by atoms with van der Waals surface area (Å²) in [5.74, 6) is 0. The lowest BCUT2D eigenvalue weighted by Gasteiger charge is -2.20. The fourth-order valence-corrected chi connectivity index (χ4v) is 1.63. The zero-order chi connectivity index (χ0) is 16.4. The van der Waals surface area contributed by atoms with Crippen LogP contribution in [0.4, 0.5) is 31.1 Å². The summed E-state index contributed by atoms with van der Waals surface area (Å²) in [6, 6.07) is 1.27. The number of ether oxygens (including phenoxy) is 1. The summed E-state index contributed by atoms with van der Waals surface area (Å²) >= 11 is 0. The molecule has 9 heteroatoms. The molecule has 0 unspecified atom stereocenters. The van der Waals surface area contributed by atoms with Gasteiger partial charge in [-0.3, -0.25) is 0 Å². The lowest BCUT2D eigenvalue weighted by atomic mass is 10.0. The molecule has 0 saturated heterocycles. The fourth-order valence-electron chi connectivity index (χ4n) is 1.63. The van der Waals surface area contributed by atoms with Crippen molar-refractivity contribution in [3.05, 3.63) is 34.9 Å². The van der Waals surface area contributed by atoms with Crippen molar-refractivity contribution in [2.45, 2.75) is 26.3 Å². The zero-order valence-corrected chi connectivity index (χ0v) is 11.0. The van der Waals surface area contributed by atoms with Gasteiger partial charge in [-0.1, -0.05) is 13.5 Å². The number of hydrogen-bond donors (Lipinski definition) is 0. The first-order valence-electron chi connectivity index (χ1n) is 5.53. The van der Waals surface area contributed by atoms with Gasteiger partial charge in [0.25, 0.3) is 0 Å². The Morgan fingerprint density at radius 2 is 1.68 bits per heavy atom. The average molecular weight is 331 g/mol. The molecule has 1 aromatic carbocycles. The van der Waals surface area contributed by atoms with Crippen LogP contribution in [-0.4, -0.2) is 25.2 Å². The molecule has 0 N–H and O–H groups in total. The molecule has 0 bridgehead atoms. The largest absolute Gasteiger partial charge is 0.453 e. The molecule has 0 spiro atoms. The number of methoxy groups -OCH3 is 1. The molecule has 0 saturated carbocycles. The average Bonchev–Trinajstić information content (AvgIpc) is 2.35. The quantitative estimate of drug-likeness (QED) is 0.744. The Morgan fingerprint density at radius 3 is 2.09 bits per heavy atom. The number of benzene rings is 1. The van der Waals surface area contributed by atoms with Crippen LogP contribution in [0, 0.1) is 0 Å². The molecule has 22 heavy (non-hydrogen) atoms. The topological polar surface area (TPSA) is 29.5 Å². The van der Waals surface area contributed by atoms with E-state index < -0.39 is 41.7 Å². The SMILES string of the molecule is C.COC(=O)N(C)Cc1ccc(C(F)(F)F)cc1C(F)(F)F. The first kappa shape index (κ1) is 20.1. The van der Waals surface area contributed by atoms with Crippen molar-refractivity contribution in [1.82, 2.24) is 4.90 Å². The molecule has 0 aliphatic heterocycles. The maximum atomic E-state index is 12.8. The molecule has 3 nitrogen and oxygen atoms in total. The highest BCUT2D eigenvalue weighted by atomic mass is 19.4. The number of rotatable bonds is 2. The Hall–Kier alpha value is -1.93. The summed E-state index contributed by atoms with van der Waals surface area (Å²) in [6.07, 6.45) is -10.7. The molecule has 0 heterocycles. The Morgan fingerprint density at radius 1 is 1.14 bits per heavy atom. The summed E-state index contributed by atoms with van der Waals surface area (Å²) < 4.78 is 80.3. The molecular weight excluding hydrogens is 316 g/mol. The number of amides is 1. The Bertz CT molecular complexity index is 524. The molecule has 1 aromatic rings. The van der Waals surface area contributed by atoms with Gasteiger partial charge in [-0.25, -0.2) is 4.79 Å². The van der Waals surface area contributed by atoms with E-state index in [4.69, 9.17) is 0 Å². The number of hydrogen-bond acceptors (Lipinski definition) is 2. The van der Waals surface area contributed by atoms with E-state index in [0.717, 1.165) is 12.0 Å². The first-order chi connectivity index (χ1) is 9.46. The van der Waals surface area contributed by atoms with Crippen LogP contribution in [-0.2, 0) is 23.6 Å².